The molecule has 0 unspecified atom stereocenters. The molecule has 9 heteroatoms. The number of hydrogen-bond donors (Lipinski definition) is 2. The van der Waals surface area contributed by atoms with Crippen LogP contribution in [0.3, 0.4) is 0 Å². The molecule has 1 heterocycles. The monoisotopic (exact) mass is 497 g/mol. The lowest BCUT2D eigenvalue weighted by Gasteiger charge is -2.08. The maximum atomic E-state index is 12.5. The first-order valence-corrected chi connectivity index (χ1v) is 13.7. The van der Waals surface area contributed by atoms with E-state index in [1.165, 1.54) is 11.7 Å². The number of hydrogen-bond acceptors (Lipinski definition) is 6. The topological polar surface area (TPSA) is 88.2 Å². The van der Waals surface area contributed by atoms with Gasteiger partial charge in [0.15, 0.2) is 4.34 Å². The van der Waals surface area contributed by atoms with Crippen LogP contribution in [-0.4, -0.2) is 26.4 Å². The van der Waals surface area contributed by atoms with Gasteiger partial charge in [-0.3, -0.25) is 4.79 Å². The van der Waals surface area contributed by atoms with Crippen LogP contribution in [0.25, 0.3) is 10.2 Å². The summed E-state index contributed by atoms with van der Waals surface area (Å²) in [4.78, 5) is 17.1. The number of carbonyl (C=O) groups excluding carboxylic acids is 1. The number of nitrogens with one attached hydrogen (secondary N) is 2. The summed E-state index contributed by atoms with van der Waals surface area (Å²) >= 11 is 3.38. The van der Waals surface area contributed by atoms with Crippen molar-refractivity contribution in [3.05, 3.63) is 95.1 Å². The molecule has 0 bridgehead atoms. The van der Waals surface area contributed by atoms with E-state index in [9.17, 15) is 13.2 Å². The maximum absolute atomic E-state index is 12.5. The van der Waals surface area contributed by atoms with Crippen LogP contribution in [0.1, 0.15) is 27.0 Å². The van der Waals surface area contributed by atoms with Crippen molar-refractivity contribution in [3.8, 4) is 0 Å². The Balaban J connectivity index is 1.28. The maximum Gasteiger partial charge on any atom is 0.251 e. The fourth-order valence-corrected chi connectivity index (χ4v) is 5.94. The van der Waals surface area contributed by atoms with Gasteiger partial charge in [-0.25, -0.2) is 18.1 Å². The number of amides is 1. The van der Waals surface area contributed by atoms with E-state index in [1.807, 2.05) is 54.6 Å². The molecule has 170 valence electrons. The van der Waals surface area contributed by atoms with Gasteiger partial charge in [0.25, 0.3) is 5.91 Å². The molecule has 0 saturated carbocycles. The Kier molecular flexibility index (Phi) is 7.44. The average molecular weight is 498 g/mol. The van der Waals surface area contributed by atoms with E-state index in [0.717, 1.165) is 26.7 Å². The van der Waals surface area contributed by atoms with Crippen LogP contribution in [0.2, 0.25) is 0 Å². The van der Waals surface area contributed by atoms with Crippen molar-refractivity contribution in [2.24, 2.45) is 0 Å². The molecule has 0 radical (unpaired) electrons. The van der Waals surface area contributed by atoms with Crippen molar-refractivity contribution in [2.45, 2.75) is 22.4 Å². The van der Waals surface area contributed by atoms with E-state index in [4.69, 9.17) is 0 Å². The fraction of sp³-hybridized carbons (Fsp3) is 0.167. The van der Waals surface area contributed by atoms with Gasteiger partial charge in [-0.2, -0.15) is 0 Å². The Hall–Kier alpha value is -2.72. The van der Waals surface area contributed by atoms with Crippen molar-refractivity contribution in [1.82, 2.24) is 15.0 Å². The molecule has 0 atom stereocenters. The third-order valence-electron chi connectivity index (χ3n) is 5.00. The Morgan fingerprint density at radius 1 is 0.939 bits per heavy atom. The molecule has 0 saturated heterocycles. The summed E-state index contributed by atoms with van der Waals surface area (Å²) in [5, 5.41) is 2.90. The van der Waals surface area contributed by atoms with Crippen LogP contribution in [0.4, 0.5) is 0 Å². The first kappa shape index (κ1) is 23.4. The normalized spacial score (nSPS) is 11.5. The summed E-state index contributed by atoms with van der Waals surface area (Å²) in [5.41, 5.74) is 4.34. The van der Waals surface area contributed by atoms with Crippen LogP contribution in [-0.2, 0) is 28.1 Å². The van der Waals surface area contributed by atoms with Gasteiger partial charge in [0.1, 0.15) is 0 Å². The van der Waals surface area contributed by atoms with E-state index in [1.54, 1.807) is 35.2 Å². The first-order chi connectivity index (χ1) is 15.9. The minimum Gasteiger partial charge on any atom is -0.348 e. The Morgan fingerprint density at radius 2 is 1.61 bits per heavy atom. The number of sulfonamides is 1. The zero-order valence-electron chi connectivity index (χ0n) is 17.9. The highest BCUT2D eigenvalue weighted by atomic mass is 32.2. The minimum atomic E-state index is -3.30. The second kappa shape index (κ2) is 10.5. The summed E-state index contributed by atoms with van der Waals surface area (Å²) in [6.07, 6.45) is 0. The molecule has 4 aromatic rings. The molecular weight excluding hydrogens is 474 g/mol. The van der Waals surface area contributed by atoms with E-state index in [-0.39, 0.29) is 11.7 Å². The fourth-order valence-electron chi connectivity index (χ4n) is 3.14. The van der Waals surface area contributed by atoms with Crippen LogP contribution >= 0.6 is 23.1 Å². The second-order valence-corrected chi connectivity index (χ2v) is 11.6. The number of nitrogens with zero attached hydrogens (tertiary/aromatic N) is 1. The molecule has 4 rings (SSSR count). The van der Waals surface area contributed by atoms with E-state index in [0.29, 0.717) is 17.7 Å². The third-order valence-corrected chi connectivity index (χ3v) is 8.58. The summed E-state index contributed by atoms with van der Waals surface area (Å²) in [6, 6.07) is 22.9. The van der Waals surface area contributed by atoms with Crippen LogP contribution in [0.15, 0.2) is 77.1 Å². The second-order valence-electron chi connectivity index (χ2n) is 7.40. The minimum absolute atomic E-state index is 0.0697. The van der Waals surface area contributed by atoms with Crippen LogP contribution < -0.4 is 10.0 Å². The number of rotatable bonds is 9. The van der Waals surface area contributed by atoms with E-state index in [2.05, 4.69) is 21.1 Å². The van der Waals surface area contributed by atoms with Crippen molar-refractivity contribution < 1.29 is 13.2 Å². The lowest BCUT2D eigenvalue weighted by atomic mass is 10.1. The summed E-state index contributed by atoms with van der Waals surface area (Å²) in [5.74, 6) is 0.569. The van der Waals surface area contributed by atoms with Gasteiger partial charge in [-0.05, 0) is 48.0 Å². The molecule has 3 aromatic carbocycles. The van der Waals surface area contributed by atoms with Crippen molar-refractivity contribution >= 4 is 49.2 Å². The number of benzene rings is 3. The number of thioether (sulfide) groups is 1. The van der Waals surface area contributed by atoms with Gasteiger partial charge in [-0.1, -0.05) is 60.3 Å². The third kappa shape index (κ3) is 6.42. The smallest absolute Gasteiger partial charge is 0.251 e. The Bertz CT molecular complexity index is 1320. The lowest BCUT2D eigenvalue weighted by molar-refractivity contribution is 0.0951. The average Bonchev–Trinajstić information content (AvgIpc) is 3.25. The highest BCUT2D eigenvalue weighted by Gasteiger charge is 2.10. The molecule has 33 heavy (non-hydrogen) atoms. The molecule has 6 nitrogen and oxygen atoms in total. The van der Waals surface area contributed by atoms with E-state index < -0.39 is 10.0 Å². The number of thiazole rings is 1. The SMILES string of the molecule is CNS(=O)(=O)Cc1ccc(CNC(=O)c2ccc(CSc3nc4ccccc4s3)cc2)cc1. The molecule has 2 N–H and O–H groups in total. The number of carbonyl (C=O) groups is 1. The molecule has 0 aliphatic heterocycles. The predicted molar refractivity (Wildman–Crippen MR) is 135 cm³/mol. The van der Waals surface area contributed by atoms with Crippen LogP contribution in [0, 0.1) is 0 Å². The predicted octanol–water partition coefficient (Wildman–Crippen LogP) is 4.57. The number of aromatic nitrogens is 1. The zero-order valence-corrected chi connectivity index (χ0v) is 20.4. The largest absolute Gasteiger partial charge is 0.348 e. The molecule has 1 amide bonds. The highest BCUT2D eigenvalue weighted by molar-refractivity contribution is 8.00. The van der Waals surface area contributed by atoms with Crippen LogP contribution in [0.5, 0.6) is 0 Å². The summed E-state index contributed by atoms with van der Waals surface area (Å²) < 4.78 is 27.8. The van der Waals surface area contributed by atoms with Gasteiger partial charge in [0.2, 0.25) is 10.0 Å². The van der Waals surface area contributed by atoms with Gasteiger partial charge in [0, 0.05) is 17.9 Å². The van der Waals surface area contributed by atoms with Gasteiger partial charge in [-0.15, -0.1) is 11.3 Å². The molecule has 0 aliphatic rings. The molecule has 0 aliphatic carbocycles. The molecule has 0 spiro atoms. The van der Waals surface area contributed by atoms with Crippen molar-refractivity contribution in [2.75, 3.05) is 7.05 Å². The molecule has 0 fully saturated rings. The Morgan fingerprint density at radius 3 is 2.30 bits per heavy atom. The quantitative estimate of drug-likeness (QED) is 0.331. The first-order valence-electron chi connectivity index (χ1n) is 10.3. The molecular formula is C24H23N3O3S3. The summed E-state index contributed by atoms with van der Waals surface area (Å²) in [7, 11) is -1.91. The lowest BCUT2D eigenvalue weighted by Crippen LogP contribution is -2.23. The van der Waals surface area contributed by atoms with Gasteiger partial charge < -0.3 is 5.32 Å². The standard InChI is InChI=1S/C24H23N3O3S3/c1-25-33(29,30)16-19-8-6-17(7-9-19)14-26-23(28)20-12-10-18(11-13-20)15-31-24-27-21-4-2-3-5-22(21)32-24/h2-13,25H,14-16H2,1H3,(H,26,28). The molecule has 1 aromatic heterocycles. The summed E-state index contributed by atoms with van der Waals surface area (Å²) in [6.45, 7) is 0.368. The highest BCUT2D eigenvalue weighted by Crippen LogP contribution is 2.31. The van der Waals surface area contributed by atoms with Gasteiger partial charge >= 0.3 is 0 Å². The number of para-hydroxylation sites is 1. The van der Waals surface area contributed by atoms with E-state index >= 15 is 0 Å². The zero-order chi connectivity index (χ0) is 23.3. The van der Waals surface area contributed by atoms with Gasteiger partial charge in [0.05, 0.1) is 16.0 Å². The Labute approximate surface area is 201 Å². The number of fused-ring (bicyclic) bond motifs is 1. The van der Waals surface area contributed by atoms with Crippen molar-refractivity contribution in [3.63, 3.8) is 0 Å². The van der Waals surface area contributed by atoms with Crippen molar-refractivity contribution in [1.29, 1.82) is 0 Å².